The van der Waals surface area contributed by atoms with Crippen LogP contribution in [-0.4, -0.2) is 51.9 Å². The number of amides is 1. The van der Waals surface area contributed by atoms with Crippen molar-refractivity contribution in [3.05, 3.63) is 63.7 Å². The smallest absolute Gasteiger partial charge is 0.284 e. The molecule has 0 bridgehead atoms. The molecule has 0 aliphatic rings. The number of nitrogens with zero attached hydrogens (tertiary/aromatic N) is 4. The monoisotopic (exact) mass is 449 g/mol. The molecule has 1 amide bonds. The lowest BCUT2D eigenvalue weighted by molar-refractivity contribution is 0.0941. The van der Waals surface area contributed by atoms with Crippen LogP contribution in [0.25, 0.3) is 16.9 Å². The molecule has 1 N–H and O–H groups in total. The summed E-state index contributed by atoms with van der Waals surface area (Å²) in [6.07, 6.45) is 4.12. The van der Waals surface area contributed by atoms with Crippen LogP contribution in [0.5, 0.6) is 0 Å². The maximum absolute atomic E-state index is 13.0. The van der Waals surface area contributed by atoms with Crippen LogP contribution in [0.1, 0.15) is 17.3 Å². The van der Waals surface area contributed by atoms with Crippen LogP contribution in [0.15, 0.2) is 47.5 Å². The Morgan fingerprint density at radius 2 is 1.93 bits per heavy atom. The van der Waals surface area contributed by atoms with Gasteiger partial charge in [0, 0.05) is 29.9 Å². The summed E-state index contributed by atoms with van der Waals surface area (Å²) >= 11 is 5.95. The summed E-state index contributed by atoms with van der Waals surface area (Å²) in [5, 5.41) is 11.5. The molecule has 0 radical (unpaired) electrons. The molecule has 0 spiro atoms. The summed E-state index contributed by atoms with van der Waals surface area (Å²) in [5.41, 5.74) is 0.590. The predicted molar refractivity (Wildman–Crippen MR) is 114 cm³/mol. The number of hydrogen-bond acceptors (Lipinski definition) is 6. The van der Waals surface area contributed by atoms with Crippen LogP contribution in [0.4, 0.5) is 0 Å². The van der Waals surface area contributed by atoms with Crippen molar-refractivity contribution >= 4 is 27.3 Å². The topological polar surface area (TPSA) is 116 Å². The fourth-order valence-electron chi connectivity index (χ4n) is 2.91. The van der Waals surface area contributed by atoms with E-state index in [1.54, 1.807) is 44.4 Å². The third kappa shape index (κ3) is 5.14. The standard InChI is InChI=1S/C19H20ClN5O4S/c1-12(11-30(3,28)29)22-18(26)16-8-17(13-4-6-14(20)7-5-13)23-25(19(16)27)15-9-21-24(2)10-15/h4-10,12H,11H2,1-3H3,(H,22,26). The van der Waals surface area contributed by atoms with E-state index in [0.29, 0.717) is 22.0 Å². The molecular formula is C19H20ClN5O4S. The van der Waals surface area contributed by atoms with E-state index in [2.05, 4.69) is 15.5 Å². The van der Waals surface area contributed by atoms with Crippen LogP contribution in [0.3, 0.4) is 0 Å². The average molecular weight is 450 g/mol. The summed E-state index contributed by atoms with van der Waals surface area (Å²) in [6.45, 7) is 1.56. The number of halogens is 1. The molecule has 0 aliphatic heterocycles. The summed E-state index contributed by atoms with van der Waals surface area (Å²) in [4.78, 5) is 25.8. The van der Waals surface area contributed by atoms with Gasteiger partial charge < -0.3 is 5.32 Å². The highest BCUT2D eigenvalue weighted by Crippen LogP contribution is 2.20. The highest BCUT2D eigenvalue weighted by molar-refractivity contribution is 7.90. The van der Waals surface area contributed by atoms with Gasteiger partial charge in [-0.3, -0.25) is 14.3 Å². The fraction of sp³-hybridized carbons (Fsp3) is 0.263. The van der Waals surface area contributed by atoms with Crippen molar-refractivity contribution in [3.8, 4) is 16.9 Å². The summed E-state index contributed by atoms with van der Waals surface area (Å²) < 4.78 is 25.6. The van der Waals surface area contributed by atoms with E-state index in [0.717, 1.165) is 10.9 Å². The van der Waals surface area contributed by atoms with Gasteiger partial charge in [-0.25, -0.2) is 8.42 Å². The normalized spacial score (nSPS) is 12.5. The summed E-state index contributed by atoms with van der Waals surface area (Å²) in [5.74, 6) is -0.934. The Hall–Kier alpha value is -2.98. The minimum absolute atomic E-state index is 0.167. The minimum Gasteiger partial charge on any atom is -0.348 e. The highest BCUT2D eigenvalue weighted by Gasteiger charge is 2.21. The van der Waals surface area contributed by atoms with Crippen molar-refractivity contribution in [1.29, 1.82) is 0 Å². The van der Waals surface area contributed by atoms with Crippen molar-refractivity contribution < 1.29 is 13.2 Å². The van der Waals surface area contributed by atoms with Gasteiger partial charge in [-0.1, -0.05) is 23.7 Å². The highest BCUT2D eigenvalue weighted by atomic mass is 35.5. The number of nitrogens with one attached hydrogen (secondary N) is 1. The van der Waals surface area contributed by atoms with Crippen molar-refractivity contribution in [2.24, 2.45) is 7.05 Å². The molecular weight excluding hydrogens is 430 g/mol. The fourth-order valence-corrected chi connectivity index (χ4v) is 4.03. The number of sulfone groups is 1. The molecule has 1 unspecified atom stereocenters. The first-order valence-corrected chi connectivity index (χ1v) is 11.4. The zero-order chi connectivity index (χ0) is 22.1. The van der Waals surface area contributed by atoms with Gasteiger partial charge in [0.25, 0.3) is 11.5 Å². The lowest BCUT2D eigenvalue weighted by atomic mass is 10.1. The number of aryl methyl sites for hydroxylation is 1. The number of hydrogen-bond donors (Lipinski definition) is 1. The largest absolute Gasteiger partial charge is 0.348 e. The van der Waals surface area contributed by atoms with Crippen LogP contribution in [-0.2, 0) is 16.9 Å². The predicted octanol–water partition coefficient (Wildman–Crippen LogP) is 1.45. The van der Waals surface area contributed by atoms with Gasteiger partial charge in [-0.15, -0.1) is 0 Å². The van der Waals surface area contributed by atoms with Crippen molar-refractivity contribution in [3.63, 3.8) is 0 Å². The number of carbonyl (C=O) groups excluding carboxylic acids is 1. The zero-order valence-corrected chi connectivity index (χ0v) is 18.1. The van der Waals surface area contributed by atoms with E-state index in [1.807, 2.05) is 0 Å². The lowest BCUT2D eigenvalue weighted by Crippen LogP contribution is -2.40. The van der Waals surface area contributed by atoms with Gasteiger partial charge in [0.2, 0.25) is 0 Å². The number of carbonyl (C=O) groups is 1. The van der Waals surface area contributed by atoms with Gasteiger partial charge in [-0.05, 0) is 25.1 Å². The van der Waals surface area contributed by atoms with E-state index in [-0.39, 0.29) is 11.3 Å². The van der Waals surface area contributed by atoms with Crippen LogP contribution in [0, 0.1) is 0 Å². The van der Waals surface area contributed by atoms with Gasteiger partial charge in [-0.2, -0.15) is 14.9 Å². The second kappa shape index (κ2) is 8.41. The Balaban J connectivity index is 2.09. The van der Waals surface area contributed by atoms with E-state index in [9.17, 15) is 18.0 Å². The van der Waals surface area contributed by atoms with E-state index < -0.39 is 27.3 Å². The summed E-state index contributed by atoms with van der Waals surface area (Å²) in [7, 11) is -1.61. The molecule has 1 atom stereocenters. The molecule has 0 saturated heterocycles. The second-order valence-corrected chi connectivity index (χ2v) is 9.63. The molecule has 11 heteroatoms. The Morgan fingerprint density at radius 3 is 2.50 bits per heavy atom. The maximum Gasteiger partial charge on any atom is 0.284 e. The quantitative estimate of drug-likeness (QED) is 0.608. The number of benzene rings is 1. The minimum atomic E-state index is -3.30. The molecule has 30 heavy (non-hydrogen) atoms. The second-order valence-electron chi connectivity index (χ2n) is 7.01. The average Bonchev–Trinajstić information content (AvgIpc) is 3.07. The van der Waals surface area contributed by atoms with Crippen LogP contribution < -0.4 is 10.9 Å². The molecule has 2 aromatic heterocycles. The van der Waals surface area contributed by atoms with Crippen LogP contribution in [0.2, 0.25) is 5.02 Å². The Bertz CT molecular complexity index is 1250. The summed E-state index contributed by atoms with van der Waals surface area (Å²) in [6, 6.07) is 7.48. The Labute approximate surface area is 178 Å². The number of aromatic nitrogens is 4. The molecule has 1 aromatic carbocycles. The van der Waals surface area contributed by atoms with Crippen molar-refractivity contribution in [1.82, 2.24) is 24.9 Å². The third-order valence-electron chi connectivity index (χ3n) is 4.16. The van der Waals surface area contributed by atoms with Crippen molar-refractivity contribution in [2.75, 3.05) is 12.0 Å². The SMILES string of the molecule is CC(CS(C)(=O)=O)NC(=O)c1cc(-c2ccc(Cl)cc2)nn(-c2cnn(C)c2)c1=O. The van der Waals surface area contributed by atoms with Gasteiger partial charge >= 0.3 is 0 Å². The van der Waals surface area contributed by atoms with Gasteiger partial charge in [0.1, 0.15) is 21.1 Å². The molecule has 0 fully saturated rings. The molecule has 158 valence electrons. The Morgan fingerprint density at radius 1 is 1.27 bits per heavy atom. The first kappa shape index (κ1) is 21.7. The van der Waals surface area contributed by atoms with Crippen LogP contribution >= 0.6 is 11.6 Å². The molecule has 9 nitrogen and oxygen atoms in total. The maximum atomic E-state index is 13.0. The Kier molecular flexibility index (Phi) is 6.09. The molecule has 0 saturated carbocycles. The lowest BCUT2D eigenvalue weighted by Gasteiger charge is -2.14. The first-order chi connectivity index (χ1) is 14.0. The molecule has 3 rings (SSSR count). The molecule has 2 heterocycles. The van der Waals surface area contributed by atoms with Crippen molar-refractivity contribution in [2.45, 2.75) is 13.0 Å². The van der Waals surface area contributed by atoms with Gasteiger partial charge in [0.15, 0.2) is 0 Å². The first-order valence-electron chi connectivity index (χ1n) is 8.91. The van der Waals surface area contributed by atoms with E-state index in [4.69, 9.17) is 11.6 Å². The number of rotatable bonds is 6. The zero-order valence-electron chi connectivity index (χ0n) is 16.5. The molecule has 3 aromatic rings. The third-order valence-corrected chi connectivity index (χ3v) is 5.52. The van der Waals surface area contributed by atoms with Gasteiger partial charge in [0.05, 0.1) is 23.8 Å². The molecule has 0 aliphatic carbocycles. The van der Waals surface area contributed by atoms with E-state index >= 15 is 0 Å². The van der Waals surface area contributed by atoms with E-state index in [1.165, 1.54) is 16.9 Å².